The molecule has 0 spiro atoms. The number of hydrogen-bond donors (Lipinski definition) is 1. The lowest BCUT2D eigenvalue weighted by molar-refractivity contribution is -0.140. The van der Waals surface area contributed by atoms with Crippen LogP contribution in [0.25, 0.3) is 0 Å². The van der Waals surface area contributed by atoms with Gasteiger partial charge in [-0.05, 0) is 42.3 Å². The summed E-state index contributed by atoms with van der Waals surface area (Å²) in [4.78, 5) is 31.3. The molecule has 9 heteroatoms. The van der Waals surface area contributed by atoms with Gasteiger partial charge in [0.15, 0.2) is 5.78 Å². The number of aromatic nitrogens is 2. The van der Waals surface area contributed by atoms with E-state index in [1.54, 1.807) is 12.1 Å². The molecule has 0 saturated carbocycles. The van der Waals surface area contributed by atoms with E-state index in [1.165, 1.54) is 24.5 Å². The van der Waals surface area contributed by atoms with Gasteiger partial charge in [-0.1, -0.05) is 12.1 Å². The van der Waals surface area contributed by atoms with Gasteiger partial charge in [0.25, 0.3) is 0 Å². The Kier molecular flexibility index (Phi) is 5.91. The van der Waals surface area contributed by atoms with E-state index in [0.29, 0.717) is 30.8 Å². The Morgan fingerprint density at radius 2 is 1.47 bits per heavy atom. The van der Waals surface area contributed by atoms with Crippen molar-refractivity contribution in [2.24, 2.45) is 0 Å². The summed E-state index contributed by atoms with van der Waals surface area (Å²) in [6.45, 7) is 0. The van der Waals surface area contributed by atoms with Crippen LogP contribution in [0.2, 0.25) is 0 Å². The zero-order chi connectivity index (χ0) is 21.9. The van der Waals surface area contributed by atoms with Gasteiger partial charge < -0.3 is 5.11 Å². The number of carbonyl (C=O) groups is 2. The van der Waals surface area contributed by atoms with Crippen LogP contribution in [0.4, 0.5) is 17.6 Å². The van der Waals surface area contributed by atoms with Crippen molar-refractivity contribution in [2.75, 3.05) is 0 Å². The Hall–Kier alpha value is -3.62. The third kappa shape index (κ3) is 4.86. The average molecular weight is 418 g/mol. The lowest BCUT2D eigenvalue weighted by atomic mass is 10.0. The average Bonchev–Trinajstić information content (AvgIpc) is 2.72. The number of carboxylic acids is 1. The first-order chi connectivity index (χ1) is 14.1. The first-order valence-electron chi connectivity index (χ1n) is 8.70. The molecule has 0 amide bonds. The van der Waals surface area contributed by atoms with E-state index in [9.17, 15) is 27.2 Å². The second kappa shape index (κ2) is 8.40. The first kappa shape index (κ1) is 21.1. The Morgan fingerprint density at radius 1 is 0.867 bits per heavy atom. The van der Waals surface area contributed by atoms with E-state index in [4.69, 9.17) is 5.11 Å². The van der Waals surface area contributed by atoms with Crippen LogP contribution in [-0.4, -0.2) is 26.8 Å². The second-order valence-corrected chi connectivity index (χ2v) is 6.41. The number of aromatic carboxylic acids is 1. The lowest BCUT2D eigenvalue weighted by Gasteiger charge is -2.09. The Morgan fingerprint density at radius 3 is 2.03 bits per heavy atom. The number of ketones is 1. The Bertz CT molecular complexity index is 1080. The maximum atomic E-state index is 13.4. The molecule has 3 aromatic rings. The standard InChI is InChI=1S/C21H14F4N2O3/c22-17-7-6-14(9-16(17)21(23,24)25)19(28)15-10-26-18(27-11-15)8-3-12-1-4-13(5-2-12)20(29)30/h1-2,4-7,9-11H,3,8H2,(H,29,30). The van der Waals surface area contributed by atoms with Crippen molar-refractivity contribution in [1.82, 2.24) is 9.97 Å². The van der Waals surface area contributed by atoms with Crippen molar-refractivity contribution in [3.8, 4) is 0 Å². The molecule has 30 heavy (non-hydrogen) atoms. The van der Waals surface area contributed by atoms with E-state index in [1.807, 2.05) is 0 Å². The van der Waals surface area contributed by atoms with Gasteiger partial charge in [-0.25, -0.2) is 19.2 Å². The number of rotatable bonds is 6. The number of hydrogen-bond acceptors (Lipinski definition) is 4. The first-order valence-corrected chi connectivity index (χ1v) is 8.70. The minimum Gasteiger partial charge on any atom is -0.478 e. The van der Waals surface area contributed by atoms with Crippen LogP contribution < -0.4 is 0 Å². The highest BCUT2D eigenvalue weighted by molar-refractivity contribution is 6.08. The molecule has 5 nitrogen and oxygen atoms in total. The molecule has 1 heterocycles. The van der Waals surface area contributed by atoms with Crippen molar-refractivity contribution in [3.05, 3.63) is 94.3 Å². The van der Waals surface area contributed by atoms with Crippen molar-refractivity contribution in [2.45, 2.75) is 19.0 Å². The number of benzene rings is 2. The monoisotopic (exact) mass is 418 g/mol. The summed E-state index contributed by atoms with van der Waals surface area (Å²) in [7, 11) is 0. The maximum absolute atomic E-state index is 13.4. The summed E-state index contributed by atoms with van der Waals surface area (Å²) >= 11 is 0. The number of halogens is 4. The van der Waals surface area contributed by atoms with Crippen LogP contribution in [0.15, 0.2) is 54.9 Å². The summed E-state index contributed by atoms with van der Waals surface area (Å²) in [6, 6.07) is 8.35. The van der Waals surface area contributed by atoms with Gasteiger partial charge in [0.1, 0.15) is 11.6 Å². The van der Waals surface area contributed by atoms with Crippen LogP contribution in [0.5, 0.6) is 0 Å². The second-order valence-electron chi connectivity index (χ2n) is 6.41. The predicted molar refractivity (Wildman–Crippen MR) is 97.7 cm³/mol. The van der Waals surface area contributed by atoms with Gasteiger partial charge >= 0.3 is 12.1 Å². The van der Waals surface area contributed by atoms with E-state index >= 15 is 0 Å². The molecule has 1 aromatic heterocycles. The SMILES string of the molecule is O=C(O)c1ccc(CCc2ncc(C(=O)c3ccc(F)c(C(F)(F)F)c3)cn2)cc1. The minimum atomic E-state index is -4.91. The third-order valence-corrected chi connectivity index (χ3v) is 4.34. The van der Waals surface area contributed by atoms with E-state index < -0.39 is 29.3 Å². The molecule has 1 N–H and O–H groups in total. The van der Waals surface area contributed by atoms with Crippen molar-refractivity contribution in [3.63, 3.8) is 0 Å². The van der Waals surface area contributed by atoms with Crippen LogP contribution in [0.3, 0.4) is 0 Å². The molecule has 0 aliphatic carbocycles. The predicted octanol–water partition coefficient (Wildman–Crippen LogP) is 4.35. The van der Waals surface area contributed by atoms with Crippen LogP contribution >= 0.6 is 0 Å². The maximum Gasteiger partial charge on any atom is 0.419 e. The Balaban J connectivity index is 1.69. The highest BCUT2D eigenvalue weighted by atomic mass is 19.4. The molecule has 0 aliphatic heterocycles. The van der Waals surface area contributed by atoms with Gasteiger partial charge in [0, 0.05) is 24.4 Å². The topological polar surface area (TPSA) is 80.1 Å². The third-order valence-electron chi connectivity index (χ3n) is 4.34. The van der Waals surface area contributed by atoms with E-state index in [2.05, 4.69) is 9.97 Å². The quantitative estimate of drug-likeness (QED) is 0.476. The smallest absolute Gasteiger partial charge is 0.419 e. The highest BCUT2D eigenvalue weighted by Crippen LogP contribution is 2.32. The van der Waals surface area contributed by atoms with Crippen molar-refractivity contribution in [1.29, 1.82) is 0 Å². The van der Waals surface area contributed by atoms with Crippen molar-refractivity contribution >= 4 is 11.8 Å². The molecule has 0 atom stereocenters. The number of aryl methyl sites for hydroxylation is 2. The number of carboxylic acid groups (broad SMARTS) is 1. The van der Waals surface area contributed by atoms with Gasteiger partial charge in [-0.3, -0.25) is 4.79 Å². The molecule has 0 bridgehead atoms. The summed E-state index contributed by atoms with van der Waals surface area (Å²) in [5, 5.41) is 8.88. The lowest BCUT2D eigenvalue weighted by Crippen LogP contribution is -2.11. The molecular formula is C21H14F4N2O3. The fourth-order valence-corrected chi connectivity index (χ4v) is 2.72. The van der Waals surface area contributed by atoms with Crippen LogP contribution in [0, 0.1) is 5.82 Å². The molecule has 0 fully saturated rings. The summed E-state index contributed by atoms with van der Waals surface area (Å²) in [6.07, 6.45) is -1.57. The van der Waals surface area contributed by atoms with Crippen LogP contribution in [-0.2, 0) is 19.0 Å². The molecule has 0 unspecified atom stereocenters. The number of carbonyl (C=O) groups excluding carboxylic acids is 1. The largest absolute Gasteiger partial charge is 0.478 e. The van der Waals surface area contributed by atoms with Gasteiger partial charge in [0.05, 0.1) is 16.7 Å². The summed E-state index contributed by atoms with van der Waals surface area (Å²) < 4.78 is 51.9. The highest BCUT2D eigenvalue weighted by Gasteiger charge is 2.34. The van der Waals surface area contributed by atoms with Crippen molar-refractivity contribution < 1.29 is 32.3 Å². The van der Waals surface area contributed by atoms with E-state index in [0.717, 1.165) is 11.6 Å². The summed E-state index contributed by atoms with van der Waals surface area (Å²) in [5.41, 5.74) is -0.815. The molecule has 0 saturated heterocycles. The molecular weight excluding hydrogens is 404 g/mol. The fourth-order valence-electron chi connectivity index (χ4n) is 2.72. The number of alkyl halides is 3. The summed E-state index contributed by atoms with van der Waals surface area (Å²) in [5.74, 6) is -2.82. The molecule has 0 aliphatic rings. The molecule has 0 radical (unpaired) electrons. The zero-order valence-electron chi connectivity index (χ0n) is 15.3. The fraction of sp³-hybridized carbons (Fsp3) is 0.143. The molecule has 154 valence electrons. The van der Waals surface area contributed by atoms with Gasteiger partial charge in [0.2, 0.25) is 0 Å². The van der Waals surface area contributed by atoms with Crippen LogP contribution in [0.1, 0.15) is 43.2 Å². The van der Waals surface area contributed by atoms with Gasteiger partial charge in [-0.15, -0.1) is 0 Å². The minimum absolute atomic E-state index is 0.0238. The normalized spacial score (nSPS) is 11.3. The van der Waals surface area contributed by atoms with Gasteiger partial charge in [-0.2, -0.15) is 13.2 Å². The number of nitrogens with zero attached hydrogens (tertiary/aromatic N) is 2. The Labute approximate surface area is 168 Å². The molecule has 3 rings (SSSR count). The molecule has 2 aromatic carbocycles. The van der Waals surface area contributed by atoms with E-state index in [-0.39, 0.29) is 16.7 Å². The zero-order valence-corrected chi connectivity index (χ0v) is 15.3.